The minimum Gasteiger partial charge on any atom is -0.377 e. The van der Waals surface area contributed by atoms with Crippen LogP contribution in [-0.2, 0) is 13.6 Å². The summed E-state index contributed by atoms with van der Waals surface area (Å²) in [5.41, 5.74) is 1.35. The number of imidazole rings is 1. The summed E-state index contributed by atoms with van der Waals surface area (Å²) in [5.74, 6) is 0.419. The molecule has 0 saturated carbocycles. The number of hydrogen-bond donors (Lipinski definition) is 1. The summed E-state index contributed by atoms with van der Waals surface area (Å²) in [6.45, 7) is 0.481. The molecule has 0 spiro atoms. The Labute approximate surface area is 116 Å². The monoisotopic (exact) mass is 282 g/mol. The Balaban J connectivity index is 2.13. The number of hydrogen-bond acceptors (Lipinski definition) is 3. The predicted molar refractivity (Wildman–Crippen MR) is 76.3 cm³/mol. The molecule has 0 fully saturated rings. The molecule has 0 atom stereocenters. The SMILES string of the molecule is CN(C)c1ncc(CNc2cccc(Cl)c2F)n1C. The second-order valence-corrected chi connectivity index (χ2v) is 4.87. The van der Waals surface area contributed by atoms with Crippen LogP contribution in [0.1, 0.15) is 5.69 Å². The van der Waals surface area contributed by atoms with Gasteiger partial charge < -0.3 is 14.8 Å². The van der Waals surface area contributed by atoms with Crippen LogP contribution in [-0.4, -0.2) is 23.6 Å². The molecule has 0 aliphatic heterocycles. The molecule has 1 aromatic heterocycles. The lowest BCUT2D eigenvalue weighted by Crippen LogP contribution is -2.15. The van der Waals surface area contributed by atoms with E-state index in [2.05, 4.69) is 10.3 Å². The Morgan fingerprint density at radius 3 is 2.79 bits per heavy atom. The number of nitrogens with one attached hydrogen (secondary N) is 1. The standard InChI is InChI=1S/C13H16ClFN4/c1-18(2)13-17-8-9(19(13)3)7-16-11-6-4-5-10(14)12(11)15/h4-6,8,16H,7H2,1-3H3. The molecule has 6 heteroatoms. The molecular weight excluding hydrogens is 267 g/mol. The van der Waals surface area contributed by atoms with Crippen molar-refractivity contribution >= 4 is 23.2 Å². The summed E-state index contributed by atoms with van der Waals surface area (Å²) in [6.07, 6.45) is 1.77. The third kappa shape index (κ3) is 2.81. The summed E-state index contributed by atoms with van der Waals surface area (Å²) >= 11 is 5.73. The molecular formula is C13H16ClFN4. The normalized spacial score (nSPS) is 10.6. The first-order valence-corrected chi connectivity index (χ1v) is 6.24. The zero-order valence-electron chi connectivity index (χ0n) is 11.1. The van der Waals surface area contributed by atoms with Gasteiger partial charge in [0.15, 0.2) is 5.82 Å². The number of benzene rings is 1. The van der Waals surface area contributed by atoms with Gasteiger partial charge in [0.05, 0.1) is 29.1 Å². The van der Waals surface area contributed by atoms with Gasteiger partial charge in [-0.15, -0.1) is 0 Å². The molecule has 0 unspecified atom stereocenters. The van der Waals surface area contributed by atoms with E-state index in [4.69, 9.17) is 11.6 Å². The molecule has 19 heavy (non-hydrogen) atoms. The van der Waals surface area contributed by atoms with Crippen LogP contribution in [0, 0.1) is 5.82 Å². The highest BCUT2D eigenvalue weighted by Crippen LogP contribution is 2.22. The van der Waals surface area contributed by atoms with Crippen LogP contribution >= 0.6 is 11.6 Å². The van der Waals surface area contributed by atoms with E-state index in [9.17, 15) is 4.39 Å². The summed E-state index contributed by atoms with van der Waals surface area (Å²) in [6, 6.07) is 4.89. The van der Waals surface area contributed by atoms with E-state index in [1.807, 2.05) is 30.6 Å². The molecule has 2 rings (SSSR count). The highest BCUT2D eigenvalue weighted by Gasteiger charge is 2.09. The van der Waals surface area contributed by atoms with Crippen LogP contribution in [0.25, 0.3) is 0 Å². The van der Waals surface area contributed by atoms with E-state index in [0.29, 0.717) is 12.2 Å². The third-order valence-corrected chi connectivity index (χ3v) is 3.16. The minimum absolute atomic E-state index is 0.115. The molecule has 1 aromatic carbocycles. The zero-order chi connectivity index (χ0) is 14.0. The topological polar surface area (TPSA) is 33.1 Å². The second kappa shape index (κ2) is 5.48. The summed E-state index contributed by atoms with van der Waals surface area (Å²) in [5, 5.41) is 3.14. The fourth-order valence-corrected chi connectivity index (χ4v) is 2.01. The average molecular weight is 283 g/mol. The quantitative estimate of drug-likeness (QED) is 0.936. The molecule has 0 bridgehead atoms. The summed E-state index contributed by atoms with van der Waals surface area (Å²) in [7, 11) is 5.78. The van der Waals surface area contributed by atoms with Crippen molar-refractivity contribution in [2.24, 2.45) is 7.05 Å². The molecule has 0 radical (unpaired) electrons. The average Bonchev–Trinajstić information content (AvgIpc) is 2.73. The van der Waals surface area contributed by atoms with Crippen LogP contribution in [0.5, 0.6) is 0 Å². The predicted octanol–water partition coefficient (Wildman–Crippen LogP) is 2.89. The smallest absolute Gasteiger partial charge is 0.204 e. The molecule has 2 aromatic rings. The van der Waals surface area contributed by atoms with Crippen molar-refractivity contribution in [1.82, 2.24) is 9.55 Å². The maximum absolute atomic E-state index is 13.7. The van der Waals surface area contributed by atoms with E-state index >= 15 is 0 Å². The molecule has 102 valence electrons. The lowest BCUT2D eigenvalue weighted by molar-refractivity contribution is 0.630. The maximum atomic E-state index is 13.7. The van der Waals surface area contributed by atoms with E-state index in [0.717, 1.165) is 11.6 Å². The molecule has 0 amide bonds. The van der Waals surface area contributed by atoms with Crippen molar-refractivity contribution < 1.29 is 4.39 Å². The van der Waals surface area contributed by atoms with Crippen LogP contribution in [0.2, 0.25) is 5.02 Å². The first-order chi connectivity index (χ1) is 9.00. The Bertz CT molecular complexity index is 580. The van der Waals surface area contributed by atoms with Gasteiger partial charge in [0.25, 0.3) is 0 Å². The largest absolute Gasteiger partial charge is 0.377 e. The fourth-order valence-electron chi connectivity index (χ4n) is 1.84. The van der Waals surface area contributed by atoms with Gasteiger partial charge >= 0.3 is 0 Å². The third-order valence-electron chi connectivity index (χ3n) is 2.87. The Hall–Kier alpha value is -1.75. The van der Waals surface area contributed by atoms with Gasteiger partial charge in [-0.05, 0) is 12.1 Å². The molecule has 1 heterocycles. The Morgan fingerprint density at radius 1 is 1.42 bits per heavy atom. The Kier molecular flexibility index (Phi) is 3.95. The highest BCUT2D eigenvalue weighted by molar-refractivity contribution is 6.31. The van der Waals surface area contributed by atoms with Crippen molar-refractivity contribution in [2.75, 3.05) is 24.3 Å². The van der Waals surface area contributed by atoms with Gasteiger partial charge in [-0.2, -0.15) is 0 Å². The lowest BCUT2D eigenvalue weighted by Gasteiger charge is -2.13. The van der Waals surface area contributed by atoms with E-state index in [1.165, 1.54) is 6.07 Å². The van der Waals surface area contributed by atoms with Crippen LogP contribution in [0.3, 0.4) is 0 Å². The van der Waals surface area contributed by atoms with Crippen LogP contribution < -0.4 is 10.2 Å². The van der Waals surface area contributed by atoms with E-state index < -0.39 is 5.82 Å². The van der Waals surface area contributed by atoms with Crippen LogP contribution in [0.4, 0.5) is 16.0 Å². The first kappa shape index (κ1) is 13.7. The van der Waals surface area contributed by atoms with Crippen molar-refractivity contribution in [1.29, 1.82) is 0 Å². The number of halogens is 2. The molecule has 0 aliphatic rings. The van der Waals surface area contributed by atoms with Crippen molar-refractivity contribution in [2.45, 2.75) is 6.54 Å². The first-order valence-electron chi connectivity index (χ1n) is 5.86. The molecule has 0 saturated heterocycles. The summed E-state index contributed by atoms with van der Waals surface area (Å²) in [4.78, 5) is 6.22. The van der Waals surface area contributed by atoms with E-state index in [-0.39, 0.29) is 5.02 Å². The Morgan fingerprint density at radius 2 is 2.16 bits per heavy atom. The highest BCUT2D eigenvalue weighted by atomic mass is 35.5. The van der Waals surface area contributed by atoms with Gasteiger partial charge in [0.1, 0.15) is 0 Å². The minimum atomic E-state index is -0.431. The van der Waals surface area contributed by atoms with Gasteiger partial charge in [-0.3, -0.25) is 0 Å². The number of anilines is 2. The number of aromatic nitrogens is 2. The van der Waals surface area contributed by atoms with Gasteiger partial charge in [-0.25, -0.2) is 9.37 Å². The van der Waals surface area contributed by atoms with Crippen molar-refractivity contribution in [3.8, 4) is 0 Å². The van der Waals surface area contributed by atoms with E-state index in [1.54, 1.807) is 18.3 Å². The molecule has 4 nitrogen and oxygen atoms in total. The van der Waals surface area contributed by atoms with Crippen molar-refractivity contribution in [3.63, 3.8) is 0 Å². The van der Waals surface area contributed by atoms with Gasteiger partial charge in [-0.1, -0.05) is 17.7 Å². The second-order valence-electron chi connectivity index (χ2n) is 4.46. The number of rotatable bonds is 4. The van der Waals surface area contributed by atoms with Gasteiger partial charge in [0.2, 0.25) is 5.95 Å². The maximum Gasteiger partial charge on any atom is 0.204 e. The zero-order valence-corrected chi connectivity index (χ0v) is 11.9. The fraction of sp³-hybridized carbons (Fsp3) is 0.308. The lowest BCUT2D eigenvalue weighted by atomic mass is 10.3. The number of nitrogens with zero attached hydrogens (tertiary/aromatic N) is 3. The molecule has 1 N–H and O–H groups in total. The molecule has 0 aliphatic carbocycles. The van der Waals surface area contributed by atoms with Gasteiger partial charge in [0, 0.05) is 21.1 Å². The van der Waals surface area contributed by atoms with Crippen LogP contribution in [0.15, 0.2) is 24.4 Å². The summed E-state index contributed by atoms with van der Waals surface area (Å²) < 4.78 is 15.7. The van der Waals surface area contributed by atoms with Crippen molar-refractivity contribution in [3.05, 3.63) is 40.9 Å².